The molecule has 0 radical (unpaired) electrons. The average Bonchev–Trinajstić information content (AvgIpc) is 2.68. The molecule has 2 nitrogen and oxygen atoms in total. The molecule has 3 heteroatoms. The van der Waals surface area contributed by atoms with Crippen LogP contribution >= 0.6 is 11.8 Å². The summed E-state index contributed by atoms with van der Waals surface area (Å²) in [5.74, 6) is 0.692. The fraction of sp³-hybridized carbons (Fsp3) is 0.550. The summed E-state index contributed by atoms with van der Waals surface area (Å²) in [6.45, 7) is 8.55. The van der Waals surface area contributed by atoms with E-state index >= 15 is 0 Å². The smallest absolute Gasteiger partial charge is 0.147 e. The lowest BCUT2D eigenvalue weighted by Crippen LogP contribution is -2.51. The maximum Gasteiger partial charge on any atom is 0.147 e. The van der Waals surface area contributed by atoms with Crippen molar-refractivity contribution in [2.24, 2.45) is 16.7 Å². The Morgan fingerprint density at radius 2 is 2.04 bits per heavy atom. The van der Waals surface area contributed by atoms with Gasteiger partial charge >= 0.3 is 0 Å². The topological polar surface area (TPSA) is 26.3 Å². The van der Waals surface area contributed by atoms with Gasteiger partial charge in [-0.3, -0.25) is 4.79 Å². The van der Waals surface area contributed by atoms with Crippen molar-refractivity contribution in [1.29, 1.82) is 0 Å². The van der Waals surface area contributed by atoms with E-state index in [-0.39, 0.29) is 22.2 Å². The van der Waals surface area contributed by atoms with E-state index in [0.717, 1.165) is 17.7 Å². The monoisotopic (exact) mass is 330 g/mol. The number of ketones is 1. The Bertz CT molecular complexity index is 595. The van der Waals surface area contributed by atoms with Crippen molar-refractivity contribution in [3.63, 3.8) is 0 Å². The van der Waals surface area contributed by atoms with Crippen LogP contribution < -0.4 is 0 Å². The Balaban J connectivity index is 2.02. The van der Waals surface area contributed by atoms with Crippen molar-refractivity contribution in [3.05, 3.63) is 43.0 Å². The molecular formula is C20H26O2S. The highest BCUT2D eigenvalue weighted by Gasteiger charge is 2.65. The molecule has 3 rings (SSSR count). The molecule has 2 fully saturated rings. The van der Waals surface area contributed by atoms with Crippen molar-refractivity contribution in [2.75, 3.05) is 7.11 Å². The molecule has 1 aromatic carbocycles. The van der Waals surface area contributed by atoms with E-state index in [2.05, 4.69) is 32.6 Å². The summed E-state index contributed by atoms with van der Waals surface area (Å²) in [4.78, 5) is 14.1. The molecule has 1 aromatic rings. The number of ether oxygens (including phenoxy) is 1. The Hall–Kier alpha value is -1.06. The first-order valence-electron chi connectivity index (χ1n) is 8.33. The normalized spacial score (nSPS) is 35.3. The fourth-order valence-corrected chi connectivity index (χ4v) is 6.30. The molecule has 0 spiro atoms. The third-order valence-electron chi connectivity index (χ3n) is 5.73. The van der Waals surface area contributed by atoms with Crippen LogP contribution in [0.15, 0.2) is 47.9 Å². The number of hydrogen-bond donors (Lipinski definition) is 0. The minimum Gasteiger partial charge on any atom is -0.380 e. The molecular weight excluding hydrogens is 304 g/mol. The van der Waals surface area contributed by atoms with Gasteiger partial charge < -0.3 is 4.74 Å². The first kappa shape index (κ1) is 16.8. The van der Waals surface area contributed by atoms with E-state index in [1.165, 1.54) is 0 Å². The van der Waals surface area contributed by atoms with Gasteiger partial charge in [-0.2, -0.15) is 0 Å². The van der Waals surface area contributed by atoms with Crippen LogP contribution in [0.4, 0.5) is 0 Å². The summed E-state index contributed by atoms with van der Waals surface area (Å²) in [6, 6.07) is 10.3. The standard InChI is InChI=1S/C20H26O2S/c1-5-11-20-13-19(2,3)15(17(20)22-4)12-16(21)18(20)23-14-9-7-6-8-10-14/h5-10,15,17-18H,1,11-13H2,2-4H3/t15-,17-,18-,20-/m1/s1. The zero-order valence-electron chi connectivity index (χ0n) is 14.2. The predicted octanol–water partition coefficient (Wildman–Crippen LogP) is 4.74. The molecule has 0 unspecified atom stereocenters. The number of carbonyl (C=O) groups excluding carboxylic acids is 1. The molecule has 124 valence electrons. The Kier molecular flexibility index (Phi) is 4.45. The van der Waals surface area contributed by atoms with Gasteiger partial charge in [0, 0.05) is 23.8 Å². The molecule has 0 aromatic heterocycles. The molecule has 0 saturated heterocycles. The lowest BCUT2D eigenvalue weighted by atomic mass is 9.70. The predicted molar refractivity (Wildman–Crippen MR) is 95.6 cm³/mol. The van der Waals surface area contributed by atoms with Crippen LogP contribution in [-0.2, 0) is 9.53 Å². The number of allylic oxidation sites excluding steroid dienone is 1. The number of benzene rings is 1. The highest BCUT2D eigenvalue weighted by atomic mass is 32.2. The molecule has 2 saturated carbocycles. The summed E-state index contributed by atoms with van der Waals surface area (Å²) < 4.78 is 5.97. The number of Topliss-reactive ketones (excluding diaryl/α,β-unsaturated/α-hetero) is 1. The van der Waals surface area contributed by atoms with E-state index in [1.807, 2.05) is 24.3 Å². The van der Waals surface area contributed by atoms with Crippen LogP contribution in [-0.4, -0.2) is 24.2 Å². The lowest BCUT2D eigenvalue weighted by Gasteiger charge is -2.44. The van der Waals surface area contributed by atoms with Crippen molar-refractivity contribution in [2.45, 2.75) is 49.4 Å². The third-order valence-corrected chi connectivity index (χ3v) is 7.24. The van der Waals surface area contributed by atoms with Gasteiger partial charge in [-0.25, -0.2) is 0 Å². The van der Waals surface area contributed by atoms with Gasteiger partial charge in [0.15, 0.2) is 0 Å². The van der Waals surface area contributed by atoms with E-state index in [0.29, 0.717) is 18.1 Å². The van der Waals surface area contributed by atoms with Crippen LogP contribution in [0.5, 0.6) is 0 Å². The third kappa shape index (κ3) is 2.68. The van der Waals surface area contributed by atoms with Gasteiger partial charge in [0.1, 0.15) is 5.78 Å². The second-order valence-corrected chi connectivity index (χ2v) is 8.81. The van der Waals surface area contributed by atoms with Crippen LogP contribution in [0.1, 0.15) is 33.1 Å². The molecule has 4 atom stereocenters. The summed E-state index contributed by atoms with van der Waals surface area (Å²) >= 11 is 1.71. The molecule has 0 amide bonds. The van der Waals surface area contributed by atoms with Crippen molar-refractivity contribution < 1.29 is 9.53 Å². The zero-order chi connectivity index (χ0) is 16.7. The van der Waals surface area contributed by atoms with Gasteiger partial charge in [0.05, 0.1) is 11.4 Å². The fourth-order valence-electron chi connectivity index (χ4n) is 4.94. The molecule has 0 heterocycles. The Morgan fingerprint density at radius 3 is 2.65 bits per heavy atom. The highest BCUT2D eigenvalue weighted by molar-refractivity contribution is 8.00. The van der Waals surface area contributed by atoms with Crippen molar-refractivity contribution in [1.82, 2.24) is 0 Å². The van der Waals surface area contributed by atoms with E-state index < -0.39 is 0 Å². The van der Waals surface area contributed by atoms with Crippen molar-refractivity contribution in [3.8, 4) is 0 Å². The Labute approximate surface area is 143 Å². The minimum atomic E-state index is -0.138. The number of fused-ring (bicyclic) bond motifs is 2. The molecule has 23 heavy (non-hydrogen) atoms. The first-order valence-corrected chi connectivity index (χ1v) is 9.21. The zero-order valence-corrected chi connectivity index (χ0v) is 15.1. The summed E-state index contributed by atoms with van der Waals surface area (Å²) in [5, 5.41) is -0.0501. The van der Waals surface area contributed by atoms with Crippen LogP contribution in [0.2, 0.25) is 0 Å². The molecule has 2 bridgehead atoms. The number of carbonyl (C=O) groups is 1. The summed E-state index contributed by atoms with van der Waals surface area (Å²) in [6.07, 6.45) is 4.60. The SMILES string of the molecule is C=CC[C@]12CC(C)(C)[C@H](CC(=O)[C@H]1Sc1ccccc1)[C@H]2OC. The van der Waals surface area contributed by atoms with E-state index in [9.17, 15) is 4.79 Å². The molecule has 0 N–H and O–H groups in total. The lowest BCUT2D eigenvalue weighted by molar-refractivity contribution is -0.131. The van der Waals surface area contributed by atoms with Gasteiger partial charge in [0.25, 0.3) is 0 Å². The first-order chi connectivity index (χ1) is 10.9. The van der Waals surface area contributed by atoms with E-state index in [4.69, 9.17) is 4.74 Å². The largest absolute Gasteiger partial charge is 0.380 e. The molecule has 2 aliphatic rings. The van der Waals surface area contributed by atoms with Gasteiger partial charge in [-0.15, -0.1) is 18.3 Å². The van der Waals surface area contributed by atoms with Crippen LogP contribution in [0.25, 0.3) is 0 Å². The van der Waals surface area contributed by atoms with E-state index in [1.54, 1.807) is 18.9 Å². The van der Waals surface area contributed by atoms with Crippen molar-refractivity contribution >= 4 is 17.5 Å². The second kappa shape index (κ2) is 6.10. The average molecular weight is 330 g/mol. The highest BCUT2D eigenvalue weighted by Crippen LogP contribution is 2.64. The van der Waals surface area contributed by atoms with Crippen LogP contribution in [0, 0.1) is 16.7 Å². The molecule has 2 aliphatic carbocycles. The van der Waals surface area contributed by atoms with Gasteiger partial charge in [0.2, 0.25) is 0 Å². The van der Waals surface area contributed by atoms with Gasteiger partial charge in [-0.1, -0.05) is 38.1 Å². The number of methoxy groups -OCH3 is 1. The number of thioether (sulfide) groups is 1. The maximum atomic E-state index is 13.0. The minimum absolute atomic E-state index is 0.0501. The number of rotatable bonds is 5. The van der Waals surface area contributed by atoms with Gasteiger partial charge in [-0.05, 0) is 36.3 Å². The molecule has 0 aliphatic heterocycles. The summed E-state index contributed by atoms with van der Waals surface area (Å²) in [7, 11) is 1.80. The van der Waals surface area contributed by atoms with Crippen LogP contribution in [0.3, 0.4) is 0 Å². The second-order valence-electron chi connectivity index (χ2n) is 7.64. The Morgan fingerprint density at radius 1 is 1.35 bits per heavy atom. The number of hydrogen-bond acceptors (Lipinski definition) is 3. The quantitative estimate of drug-likeness (QED) is 0.729. The maximum absolute atomic E-state index is 13.0. The summed E-state index contributed by atoms with van der Waals surface area (Å²) in [5.41, 5.74) is -0.00808.